The quantitative estimate of drug-likeness (QED) is 0.331. The molecule has 0 amide bonds. The van der Waals surface area contributed by atoms with Crippen molar-refractivity contribution in [3.63, 3.8) is 0 Å². The summed E-state index contributed by atoms with van der Waals surface area (Å²) in [4.78, 5) is 34.9. The van der Waals surface area contributed by atoms with Crippen LogP contribution in [0, 0.1) is 5.92 Å². The second kappa shape index (κ2) is 9.26. The van der Waals surface area contributed by atoms with Crippen LogP contribution >= 0.6 is 23.2 Å². The van der Waals surface area contributed by atoms with Gasteiger partial charge in [-0.1, -0.05) is 47.5 Å². The summed E-state index contributed by atoms with van der Waals surface area (Å²) in [5.41, 5.74) is 2.08. The minimum absolute atomic E-state index is 0.0912. The maximum atomic E-state index is 13.3. The molecule has 1 aliphatic carbocycles. The number of nitrogens with zero attached hydrogens (tertiary/aromatic N) is 4. The molecule has 3 heterocycles. The molecular formula is C28H24Cl2N4O2Si. The first-order chi connectivity index (χ1) is 17.8. The average Bonchev–Trinajstić information content (AvgIpc) is 3.62. The van der Waals surface area contributed by atoms with Crippen molar-refractivity contribution in [2.75, 3.05) is 0 Å². The Morgan fingerprint density at radius 1 is 1.00 bits per heavy atom. The molecule has 0 saturated heterocycles. The first-order valence-corrected chi connectivity index (χ1v) is 14.8. The van der Waals surface area contributed by atoms with Crippen molar-refractivity contribution in [1.82, 2.24) is 19.1 Å². The van der Waals surface area contributed by atoms with Crippen LogP contribution in [0.3, 0.4) is 0 Å². The monoisotopic (exact) mass is 546 g/mol. The van der Waals surface area contributed by atoms with Gasteiger partial charge in [0.2, 0.25) is 0 Å². The van der Waals surface area contributed by atoms with Gasteiger partial charge in [0.1, 0.15) is 5.65 Å². The van der Waals surface area contributed by atoms with Gasteiger partial charge in [-0.2, -0.15) is 0 Å². The third-order valence-corrected chi connectivity index (χ3v) is 11.1. The van der Waals surface area contributed by atoms with E-state index in [0.717, 1.165) is 34.5 Å². The van der Waals surface area contributed by atoms with E-state index >= 15 is 0 Å². The highest BCUT2D eigenvalue weighted by molar-refractivity contribution is 7.05. The van der Waals surface area contributed by atoms with Crippen LogP contribution in [-0.4, -0.2) is 32.2 Å². The Bertz CT molecular complexity index is 1700. The third kappa shape index (κ3) is 4.32. The predicted octanol–water partition coefficient (Wildman–Crippen LogP) is 3.47. The van der Waals surface area contributed by atoms with E-state index in [1.165, 1.54) is 0 Å². The maximum Gasteiger partial charge on any atom is 0.305 e. The van der Waals surface area contributed by atoms with Crippen LogP contribution in [0.25, 0.3) is 22.2 Å². The molecule has 1 saturated carbocycles. The minimum atomic E-state index is -3.53. The normalized spacial score (nSPS) is 15.1. The van der Waals surface area contributed by atoms with Gasteiger partial charge in [0, 0.05) is 47.5 Å². The molecular weight excluding hydrogens is 523 g/mol. The highest BCUT2D eigenvalue weighted by atomic mass is 35.5. The van der Waals surface area contributed by atoms with E-state index in [2.05, 4.69) is 4.98 Å². The Kier molecular flexibility index (Phi) is 6.04. The Labute approximate surface area is 224 Å². The molecule has 0 bridgehead atoms. The van der Waals surface area contributed by atoms with Crippen molar-refractivity contribution in [3.05, 3.63) is 99.8 Å². The summed E-state index contributed by atoms with van der Waals surface area (Å²) in [6.45, 7) is 0.637. The lowest BCUT2D eigenvalue weighted by Gasteiger charge is -2.27. The molecule has 5 aromatic rings. The molecule has 6 nitrogen and oxygen atoms in total. The molecule has 0 unspecified atom stereocenters. The van der Waals surface area contributed by atoms with Crippen molar-refractivity contribution in [3.8, 4) is 11.1 Å². The largest absolute Gasteiger partial charge is 0.420 e. The fourth-order valence-corrected chi connectivity index (χ4v) is 8.27. The average molecular weight is 548 g/mol. The van der Waals surface area contributed by atoms with Gasteiger partial charge >= 0.3 is 8.32 Å². The van der Waals surface area contributed by atoms with E-state index in [-0.39, 0.29) is 5.56 Å². The summed E-state index contributed by atoms with van der Waals surface area (Å²) < 4.78 is 3.61. The second-order valence-corrected chi connectivity index (χ2v) is 13.6. The zero-order chi connectivity index (χ0) is 25.7. The zero-order valence-corrected chi connectivity index (χ0v) is 22.6. The molecule has 6 rings (SSSR count). The topological polar surface area (TPSA) is 72.9 Å². The number of aryl methyl sites for hydroxylation is 1. The summed E-state index contributed by atoms with van der Waals surface area (Å²) in [7, 11) is -1.66. The number of hydrogen-bond donors (Lipinski definition) is 1. The molecule has 1 fully saturated rings. The van der Waals surface area contributed by atoms with E-state index in [1.807, 2.05) is 48.0 Å². The Morgan fingerprint density at radius 3 is 2.46 bits per heavy atom. The van der Waals surface area contributed by atoms with Crippen LogP contribution in [0.1, 0.15) is 12.8 Å². The number of halogens is 2. The number of benzene rings is 2. The van der Waals surface area contributed by atoms with Crippen LogP contribution in [0.15, 0.2) is 84.2 Å². The number of pyridine rings is 2. The molecule has 1 N–H and O–H groups in total. The molecule has 0 aliphatic heterocycles. The Balaban J connectivity index is 1.65. The number of imidazole rings is 1. The van der Waals surface area contributed by atoms with Crippen molar-refractivity contribution >= 4 is 58.2 Å². The highest BCUT2D eigenvalue weighted by Crippen LogP contribution is 2.33. The SMILES string of the molecule is Cn1cncc1[Si@@](O)(c1ccc(Cl)cc1)c1cnc2c(c1)c(-c1cccc(Cl)c1)cc(=O)n2CC1CC1. The van der Waals surface area contributed by atoms with Crippen molar-refractivity contribution < 1.29 is 4.80 Å². The second-order valence-electron chi connectivity index (χ2n) is 9.66. The molecule has 0 spiro atoms. The van der Waals surface area contributed by atoms with Gasteiger partial charge in [0.25, 0.3) is 5.56 Å². The van der Waals surface area contributed by atoms with Gasteiger partial charge in [-0.25, -0.2) is 9.97 Å². The van der Waals surface area contributed by atoms with Crippen LogP contribution in [0.5, 0.6) is 0 Å². The predicted molar refractivity (Wildman–Crippen MR) is 151 cm³/mol. The van der Waals surface area contributed by atoms with Crippen molar-refractivity contribution in [1.29, 1.82) is 0 Å². The Hall–Kier alpha value is -3.23. The molecule has 2 aromatic carbocycles. The summed E-state index contributed by atoms with van der Waals surface area (Å²) in [6.07, 6.45) is 7.33. The van der Waals surface area contributed by atoms with Gasteiger partial charge in [-0.05, 0) is 70.6 Å². The lowest BCUT2D eigenvalue weighted by Crippen LogP contribution is -2.69. The summed E-state index contributed by atoms with van der Waals surface area (Å²) in [5.74, 6) is 0.495. The van der Waals surface area contributed by atoms with Gasteiger partial charge in [0.05, 0.1) is 11.6 Å². The first-order valence-electron chi connectivity index (χ1n) is 12.1. The lowest BCUT2D eigenvalue weighted by molar-refractivity contribution is 0.579. The van der Waals surface area contributed by atoms with Gasteiger partial charge in [-0.15, -0.1) is 0 Å². The summed E-state index contributed by atoms with van der Waals surface area (Å²) in [6, 6.07) is 18.4. The van der Waals surface area contributed by atoms with E-state index < -0.39 is 8.32 Å². The molecule has 9 heteroatoms. The minimum Gasteiger partial charge on any atom is -0.420 e. The van der Waals surface area contributed by atoms with E-state index in [9.17, 15) is 9.59 Å². The fraction of sp³-hybridized carbons (Fsp3) is 0.179. The van der Waals surface area contributed by atoms with Gasteiger partial charge in [0.15, 0.2) is 0 Å². The van der Waals surface area contributed by atoms with Crippen molar-refractivity contribution in [2.24, 2.45) is 13.0 Å². The van der Waals surface area contributed by atoms with E-state index in [1.54, 1.807) is 47.6 Å². The van der Waals surface area contributed by atoms with Gasteiger partial charge in [-0.3, -0.25) is 9.36 Å². The van der Waals surface area contributed by atoms with E-state index in [4.69, 9.17) is 28.2 Å². The number of fused-ring (bicyclic) bond motifs is 1. The molecule has 37 heavy (non-hydrogen) atoms. The molecule has 186 valence electrons. The van der Waals surface area contributed by atoms with Crippen molar-refractivity contribution in [2.45, 2.75) is 19.4 Å². The first kappa shape index (κ1) is 24.1. The Morgan fingerprint density at radius 2 is 1.78 bits per heavy atom. The number of aromatic nitrogens is 4. The van der Waals surface area contributed by atoms with E-state index in [0.29, 0.717) is 38.7 Å². The highest BCUT2D eigenvalue weighted by Gasteiger charge is 2.42. The maximum absolute atomic E-state index is 13.3. The van der Waals surface area contributed by atoms with Crippen LogP contribution in [-0.2, 0) is 13.6 Å². The smallest absolute Gasteiger partial charge is 0.305 e. The van der Waals surface area contributed by atoms with Crippen LogP contribution < -0.4 is 21.2 Å². The van der Waals surface area contributed by atoms with Crippen LogP contribution in [0.4, 0.5) is 0 Å². The number of hydrogen-bond acceptors (Lipinski definition) is 4. The molecule has 0 radical (unpaired) electrons. The summed E-state index contributed by atoms with van der Waals surface area (Å²) in [5, 5.41) is 4.13. The molecule has 1 atom stereocenters. The zero-order valence-electron chi connectivity index (χ0n) is 20.1. The summed E-state index contributed by atoms with van der Waals surface area (Å²) >= 11 is 12.5. The molecule has 1 aliphatic rings. The van der Waals surface area contributed by atoms with Gasteiger partial charge < -0.3 is 9.36 Å². The molecule has 3 aromatic heterocycles. The third-order valence-electron chi connectivity index (χ3n) is 7.09. The van der Waals surface area contributed by atoms with Crippen LogP contribution in [0.2, 0.25) is 10.0 Å². The lowest BCUT2D eigenvalue weighted by atomic mass is 10.0. The number of rotatable bonds is 6. The standard InChI is InChI=1S/C28H24Cl2N4O2Si/c1-33-17-31-15-27(33)37(36,22-9-7-20(29)8-10-22)23-12-25-24(19-3-2-4-21(30)11-19)13-26(35)34(16-18-5-6-18)28(25)32-14-23/h2-4,7-15,17-18,36H,5-6,16H2,1H3/t37-/m1/s1. The fourth-order valence-electron chi connectivity index (χ4n) is 4.94.